The molecule has 2 aromatic rings. The summed E-state index contributed by atoms with van der Waals surface area (Å²) in [5.41, 5.74) is 5.38. The zero-order chi connectivity index (χ0) is 24.2. The van der Waals surface area contributed by atoms with E-state index in [1.807, 2.05) is 6.20 Å². The van der Waals surface area contributed by atoms with Gasteiger partial charge in [-0.25, -0.2) is 14.4 Å². The first-order valence-corrected chi connectivity index (χ1v) is 12.1. The van der Waals surface area contributed by atoms with Gasteiger partial charge in [-0.3, -0.25) is 9.80 Å². The van der Waals surface area contributed by atoms with Crippen LogP contribution in [0.2, 0.25) is 0 Å². The third kappa shape index (κ3) is 4.30. The van der Waals surface area contributed by atoms with E-state index in [1.165, 1.54) is 6.20 Å². The van der Waals surface area contributed by atoms with Crippen LogP contribution in [-0.4, -0.2) is 69.8 Å². The van der Waals surface area contributed by atoms with Crippen molar-refractivity contribution in [1.29, 1.82) is 0 Å². The van der Waals surface area contributed by atoms with Crippen molar-refractivity contribution in [3.63, 3.8) is 0 Å². The predicted octanol–water partition coefficient (Wildman–Crippen LogP) is 4.21. The maximum absolute atomic E-state index is 13.3. The SMILES string of the molecule is CC(C)c1nc(-c2cnc(N)c(C(F)(F)F)c2)cn1C1C2CC(N3CCN(CCF)CC3)CC21. The highest BCUT2D eigenvalue weighted by atomic mass is 19.4. The molecule has 1 aliphatic heterocycles. The Morgan fingerprint density at radius 1 is 1.12 bits per heavy atom. The van der Waals surface area contributed by atoms with Gasteiger partial charge >= 0.3 is 6.18 Å². The number of halogens is 4. The van der Waals surface area contributed by atoms with Crippen LogP contribution in [0.25, 0.3) is 11.3 Å². The maximum Gasteiger partial charge on any atom is 0.419 e. The summed E-state index contributed by atoms with van der Waals surface area (Å²) in [7, 11) is 0. The lowest BCUT2D eigenvalue weighted by atomic mass is 10.1. The third-order valence-corrected chi connectivity index (χ3v) is 7.82. The van der Waals surface area contributed by atoms with Crippen molar-refractivity contribution in [3.05, 3.63) is 29.8 Å². The lowest BCUT2D eigenvalue weighted by Gasteiger charge is -2.38. The van der Waals surface area contributed by atoms with E-state index in [2.05, 4.69) is 33.2 Å². The Balaban J connectivity index is 1.30. The average molecular weight is 481 g/mol. The van der Waals surface area contributed by atoms with Gasteiger partial charge in [0.15, 0.2) is 0 Å². The van der Waals surface area contributed by atoms with Crippen LogP contribution in [0, 0.1) is 11.8 Å². The van der Waals surface area contributed by atoms with Gasteiger partial charge in [0, 0.05) is 68.7 Å². The van der Waals surface area contributed by atoms with Gasteiger partial charge in [-0.1, -0.05) is 13.8 Å². The summed E-state index contributed by atoms with van der Waals surface area (Å²) in [4.78, 5) is 13.2. The fourth-order valence-corrected chi connectivity index (χ4v) is 6.02. The smallest absolute Gasteiger partial charge is 0.383 e. The molecule has 186 valence electrons. The van der Waals surface area contributed by atoms with Gasteiger partial charge in [0.2, 0.25) is 0 Å². The molecule has 3 fully saturated rings. The standard InChI is InChI=1S/C24H32F4N6/c1-14(2)23-31-20(15-9-19(24(26,27)28)22(29)30-12-15)13-34(23)21-17-10-16(11-18(17)21)33-7-5-32(4-3-25)6-8-33/h9,12-14,16-18,21H,3-8,10-11H2,1-2H3,(H2,29,30). The van der Waals surface area contributed by atoms with Crippen molar-refractivity contribution in [3.8, 4) is 11.3 Å². The highest BCUT2D eigenvalue weighted by Gasteiger charge is 2.58. The van der Waals surface area contributed by atoms with E-state index in [4.69, 9.17) is 10.7 Å². The van der Waals surface area contributed by atoms with Gasteiger partial charge in [0.1, 0.15) is 18.3 Å². The fourth-order valence-electron chi connectivity index (χ4n) is 6.02. The molecule has 0 radical (unpaired) electrons. The quantitative estimate of drug-likeness (QED) is 0.628. The zero-order valence-corrected chi connectivity index (χ0v) is 19.6. The third-order valence-electron chi connectivity index (χ3n) is 7.82. The highest BCUT2D eigenvalue weighted by molar-refractivity contribution is 5.62. The number of piperazine rings is 1. The van der Waals surface area contributed by atoms with Crippen LogP contribution in [0.4, 0.5) is 23.4 Å². The molecule has 2 saturated carbocycles. The Labute approximate surface area is 197 Å². The maximum atomic E-state index is 13.3. The Kier molecular flexibility index (Phi) is 6.08. The molecule has 6 nitrogen and oxygen atoms in total. The minimum atomic E-state index is -4.56. The summed E-state index contributed by atoms with van der Waals surface area (Å²) in [6.45, 7) is 8.20. The second-order valence-corrected chi connectivity index (χ2v) is 10.2. The van der Waals surface area contributed by atoms with Crippen molar-refractivity contribution in [2.45, 2.75) is 50.9 Å². The van der Waals surface area contributed by atoms with Crippen molar-refractivity contribution in [2.24, 2.45) is 11.8 Å². The first-order valence-electron chi connectivity index (χ1n) is 12.1. The largest absolute Gasteiger partial charge is 0.419 e. The highest BCUT2D eigenvalue weighted by Crippen LogP contribution is 2.62. The number of rotatable bonds is 6. The normalized spacial score (nSPS) is 28.0. The van der Waals surface area contributed by atoms with Crippen LogP contribution in [0.3, 0.4) is 0 Å². The number of fused-ring (bicyclic) bond motifs is 1. The molecule has 2 N–H and O–H groups in total. The summed E-state index contributed by atoms with van der Waals surface area (Å²) >= 11 is 0. The number of nitrogens with two attached hydrogens (primary N) is 1. The lowest BCUT2D eigenvalue weighted by Crippen LogP contribution is -2.50. The molecular weight excluding hydrogens is 448 g/mol. The Bertz CT molecular complexity index is 1010. The monoisotopic (exact) mass is 480 g/mol. The van der Waals surface area contributed by atoms with Crippen LogP contribution >= 0.6 is 0 Å². The molecule has 0 amide bonds. The number of nitrogens with zero attached hydrogens (tertiary/aromatic N) is 5. The minimum Gasteiger partial charge on any atom is -0.383 e. The number of hydrogen-bond acceptors (Lipinski definition) is 5. The van der Waals surface area contributed by atoms with Gasteiger partial charge in [0.25, 0.3) is 0 Å². The molecule has 10 heteroatoms. The molecule has 2 aliphatic carbocycles. The summed E-state index contributed by atoms with van der Waals surface area (Å²) in [5, 5.41) is 0. The summed E-state index contributed by atoms with van der Waals surface area (Å²) in [6, 6.07) is 1.97. The molecule has 0 bridgehead atoms. The molecule has 3 aliphatic rings. The molecule has 2 atom stereocenters. The van der Waals surface area contributed by atoms with E-state index in [9.17, 15) is 17.6 Å². The number of aromatic nitrogens is 3. The van der Waals surface area contributed by atoms with Crippen LogP contribution in [0.1, 0.15) is 50.0 Å². The van der Waals surface area contributed by atoms with E-state index in [0.717, 1.165) is 50.9 Å². The topological polar surface area (TPSA) is 63.2 Å². The van der Waals surface area contributed by atoms with Gasteiger partial charge in [-0.05, 0) is 30.7 Å². The number of hydrogen-bond donors (Lipinski definition) is 1. The molecule has 34 heavy (non-hydrogen) atoms. The summed E-state index contributed by atoms with van der Waals surface area (Å²) < 4.78 is 54.8. The number of anilines is 1. The van der Waals surface area contributed by atoms with Crippen molar-refractivity contribution < 1.29 is 17.6 Å². The molecule has 2 unspecified atom stereocenters. The summed E-state index contributed by atoms with van der Waals surface area (Å²) in [5.74, 6) is 1.68. The first kappa shape index (κ1) is 23.5. The molecule has 1 saturated heterocycles. The second kappa shape index (κ2) is 8.78. The van der Waals surface area contributed by atoms with Gasteiger partial charge in [-0.15, -0.1) is 0 Å². The lowest BCUT2D eigenvalue weighted by molar-refractivity contribution is -0.137. The van der Waals surface area contributed by atoms with E-state index >= 15 is 0 Å². The van der Waals surface area contributed by atoms with Crippen LogP contribution in [0.15, 0.2) is 18.5 Å². The number of alkyl halides is 4. The summed E-state index contributed by atoms with van der Waals surface area (Å²) in [6.07, 6.45) is 0.969. The molecule has 5 rings (SSSR count). The first-order chi connectivity index (χ1) is 16.2. The van der Waals surface area contributed by atoms with Gasteiger partial charge in [0.05, 0.1) is 11.3 Å². The second-order valence-electron chi connectivity index (χ2n) is 10.2. The van der Waals surface area contributed by atoms with E-state index in [0.29, 0.717) is 41.7 Å². The zero-order valence-electron chi connectivity index (χ0n) is 19.6. The fraction of sp³-hybridized carbons (Fsp3) is 0.667. The molecule has 0 spiro atoms. The van der Waals surface area contributed by atoms with E-state index in [1.54, 1.807) is 0 Å². The molecule has 0 aromatic carbocycles. The molecule has 2 aromatic heterocycles. The Morgan fingerprint density at radius 3 is 2.38 bits per heavy atom. The van der Waals surface area contributed by atoms with Crippen molar-refractivity contribution in [1.82, 2.24) is 24.3 Å². The van der Waals surface area contributed by atoms with Gasteiger partial charge in [-0.2, -0.15) is 13.2 Å². The van der Waals surface area contributed by atoms with Crippen LogP contribution < -0.4 is 5.73 Å². The average Bonchev–Trinajstić information content (AvgIpc) is 3.14. The van der Waals surface area contributed by atoms with Crippen molar-refractivity contribution in [2.75, 3.05) is 45.1 Å². The number of pyridine rings is 1. The van der Waals surface area contributed by atoms with Crippen LogP contribution in [-0.2, 0) is 6.18 Å². The predicted molar refractivity (Wildman–Crippen MR) is 122 cm³/mol. The minimum absolute atomic E-state index is 0.151. The molecule has 3 heterocycles. The van der Waals surface area contributed by atoms with Crippen molar-refractivity contribution >= 4 is 5.82 Å². The number of imidazole rings is 1. The van der Waals surface area contributed by atoms with E-state index in [-0.39, 0.29) is 12.6 Å². The van der Waals surface area contributed by atoms with E-state index < -0.39 is 17.6 Å². The molecular formula is C24H32F4N6. The van der Waals surface area contributed by atoms with Gasteiger partial charge < -0.3 is 10.3 Å². The Hall–Kier alpha value is -2.20. The Morgan fingerprint density at radius 2 is 1.79 bits per heavy atom. The number of nitrogen functional groups attached to an aromatic ring is 1. The van der Waals surface area contributed by atoms with Crippen LogP contribution in [0.5, 0.6) is 0 Å².